The first-order valence-corrected chi connectivity index (χ1v) is 11.7. The minimum atomic E-state index is -0.230. The monoisotopic (exact) mass is 490 g/mol. The van der Waals surface area contributed by atoms with Crippen LogP contribution in [0.25, 0.3) is 50.2 Å². The molecule has 0 amide bonds. The van der Waals surface area contributed by atoms with E-state index < -0.39 is 0 Å². The van der Waals surface area contributed by atoms with E-state index in [0.717, 1.165) is 45.0 Å². The first kappa shape index (κ1) is 21.9. The Morgan fingerprint density at radius 1 is 0.861 bits per heavy atom. The number of hydrogen-bond donors (Lipinski definition) is 1. The maximum absolute atomic E-state index is 12.3. The SMILES string of the molecule is Cc1nccc(-c2ccc(-c3c(-c4ccc(Cl)cc4)cccc3-n3ncc4c(=O)[nH]cnc43)cc2)n1. The molecule has 3 aromatic carbocycles. The molecular formula is C28H19ClN6O. The van der Waals surface area contributed by atoms with Gasteiger partial charge in [-0.25, -0.2) is 19.6 Å². The predicted octanol–water partition coefficient (Wildman–Crippen LogP) is 5.86. The zero-order chi connectivity index (χ0) is 24.6. The van der Waals surface area contributed by atoms with Crippen molar-refractivity contribution in [1.29, 1.82) is 0 Å². The largest absolute Gasteiger partial charge is 0.312 e. The van der Waals surface area contributed by atoms with Crippen LogP contribution in [0, 0.1) is 6.92 Å². The van der Waals surface area contributed by atoms with Crippen LogP contribution in [0.2, 0.25) is 5.02 Å². The fourth-order valence-corrected chi connectivity index (χ4v) is 4.47. The second kappa shape index (κ2) is 8.87. The van der Waals surface area contributed by atoms with Crippen LogP contribution in [0.5, 0.6) is 0 Å². The molecule has 0 bridgehead atoms. The average molecular weight is 491 g/mol. The molecule has 0 aliphatic carbocycles. The summed E-state index contributed by atoms with van der Waals surface area (Å²) in [5.41, 5.74) is 6.87. The van der Waals surface area contributed by atoms with E-state index in [1.54, 1.807) is 17.1 Å². The third kappa shape index (κ3) is 3.85. The van der Waals surface area contributed by atoms with Gasteiger partial charge in [-0.3, -0.25) is 4.79 Å². The number of fused-ring (bicyclic) bond motifs is 1. The number of rotatable bonds is 4. The summed E-state index contributed by atoms with van der Waals surface area (Å²) in [5, 5.41) is 5.63. The molecule has 0 saturated carbocycles. The lowest BCUT2D eigenvalue weighted by Gasteiger charge is -2.17. The van der Waals surface area contributed by atoms with E-state index in [1.165, 1.54) is 6.33 Å². The number of nitrogens with zero attached hydrogens (tertiary/aromatic N) is 5. The van der Waals surface area contributed by atoms with Gasteiger partial charge in [-0.15, -0.1) is 0 Å². The molecule has 0 radical (unpaired) electrons. The Morgan fingerprint density at radius 2 is 1.61 bits per heavy atom. The van der Waals surface area contributed by atoms with Gasteiger partial charge in [0.15, 0.2) is 5.65 Å². The molecule has 7 nitrogen and oxygen atoms in total. The number of benzene rings is 3. The summed E-state index contributed by atoms with van der Waals surface area (Å²) in [6, 6.07) is 23.9. The number of H-pyrrole nitrogens is 1. The fraction of sp³-hybridized carbons (Fsp3) is 0.0357. The van der Waals surface area contributed by atoms with E-state index >= 15 is 0 Å². The Labute approximate surface area is 211 Å². The van der Waals surface area contributed by atoms with Gasteiger partial charge in [0.05, 0.1) is 23.9 Å². The molecule has 3 heterocycles. The summed E-state index contributed by atoms with van der Waals surface area (Å²) in [6.07, 6.45) is 4.70. The van der Waals surface area contributed by atoms with Crippen LogP contribution in [0.1, 0.15) is 5.82 Å². The number of halogens is 1. The highest BCUT2D eigenvalue weighted by Crippen LogP contribution is 2.38. The highest BCUT2D eigenvalue weighted by Gasteiger charge is 2.18. The van der Waals surface area contributed by atoms with Crippen LogP contribution in [0.3, 0.4) is 0 Å². The molecule has 0 aliphatic rings. The summed E-state index contributed by atoms with van der Waals surface area (Å²) < 4.78 is 1.71. The van der Waals surface area contributed by atoms with Gasteiger partial charge in [0, 0.05) is 22.3 Å². The number of hydrogen-bond acceptors (Lipinski definition) is 5. The Kier molecular flexibility index (Phi) is 5.39. The van der Waals surface area contributed by atoms with E-state index in [0.29, 0.717) is 16.1 Å². The van der Waals surface area contributed by atoms with Crippen molar-refractivity contribution in [3.8, 4) is 39.2 Å². The van der Waals surface area contributed by atoms with Crippen LogP contribution < -0.4 is 5.56 Å². The lowest BCUT2D eigenvalue weighted by atomic mass is 9.92. The van der Waals surface area contributed by atoms with Gasteiger partial charge in [-0.1, -0.05) is 60.1 Å². The Hall–Kier alpha value is -4.62. The van der Waals surface area contributed by atoms with E-state index in [-0.39, 0.29) is 5.56 Å². The van der Waals surface area contributed by atoms with E-state index in [4.69, 9.17) is 11.6 Å². The second-order valence-electron chi connectivity index (χ2n) is 8.30. The van der Waals surface area contributed by atoms with Crippen molar-refractivity contribution in [2.75, 3.05) is 0 Å². The minimum Gasteiger partial charge on any atom is -0.312 e. The van der Waals surface area contributed by atoms with Gasteiger partial charge in [0.1, 0.15) is 11.2 Å². The average Bonchev–Trinajstić information content (AvgIpc) is 3.34. The highest BCUT2D eigenvalue weighted by atomic mass is 35.5. The number of aromatic amines is 1. The van der Waals surface area contributed by atoms with E-state index in [9.17, 15) is 4.79 Å². The maximum Gasteiger partial charge on any atom is 0.261 e. The van der Waals surface area contributed by atoms with Gasteiger partial charge in [0.2, 0.25) is 0 Å². The van der Waals surface area contributed by atoms with Crippen molar-refractivity contribution in [2.45, 2.75) is 6.92 Å². The summed E-state index contributed by atoms with van der Waals surface area (Å²) in [4.78, 5) is 28.1. The molecule has 0 fully saturated rings. The van der Waals surface area contributed by atoms with Crippen LogP contribution in [-0.4, -0.2) is 29.7 Å². The van der Waals surface area contributed by atoms with E-state index in [1.807, 2.05) is 61.5 Å². The number of aryl methyl sites for hydroxylation is 1. The topological polar surface area (TPSA) is 89.4 Å². The molecule has 6 rings (SSSR count). The van der Waals surface area contributed by atoms with Gasteiger partial charge in [-0.2, -0.15) is 5.10 Å². The van der Waals surface area contributed by atoms with Crippen LogP contribution in [0.15, 0.2) is 96.3 Å². The smallest absolute Gasteiger partial charge is 0.261 e. The fourth-order valence-electron chi connectivity index (χ4n) is 4.35. The summed E-state index contributed by atoms with van der Waals surface area (Å²) in [5.74, 6) is 0.722. The third-order valence-corrected chi connectivity index (χ3v) is 6.29. The van der Waals surface area contributed by atoms with Crippen LogP contribution in [0.4, 0.5) is 0 Å². The molecule has 6 aromatic rings. The van der Waals surface area contributed by atoms with Crippen LogP contribution >= 0.6 is 11.6 Å². The number of nitrogens with one attached hydrogen (secondary N) is 1. The lowest BCUT2D eigenvalue weighted by Crippen LogP contribution is -2.07. The van der Waals surface area contributed by atoms with Crippen molar-refractivity contribution in [3.63, 3.8) is 0 Å². The van der Waals surface area contributed by atoms with Gasteiger partial charge < -0.3 is 4.98 Å². The molecule has 1 N–H and O–H groups in total. The molecule has 0 atom stereocenters. The predicted molar refractivity (Wildman–Crippen MR) is 141 cm³/mol. The summed E-state index contributed by atoms with van der Waals surface area (Å²) in [7, 11) is 0. The molecule has 0 spiro atoms. The quantitative estimate of drug-likeness (QED) is 0.334. The standard InChI is InChI=1S/C28H19ClN6O/c1-17-30-14-13-24(34-17)19-5-7-20(8-6-19)26-22(18-9-11-21(29)12-10-18)3-2-4-25(26)35-27-23(15-33-35)28(36)32-16-31-27/h2-16H,1H3,(H,31,32,36). The molecule has 36 heavy (non-hydrogen) atoms. The van der Waals surface area contributed by atoms with Gasteiger partial charge in [-0.05, 0) is 47.9 Å². The Balaban J connectivity index is 1.58. The molecule has 0 unspecified atom stereocenters. The molecule has 0 saturated heterocycles. The lowest BCUT2D eigenvalue weighted by molar-refractivity contribution is 0.896. The molecule has 3 aromatic heterocycles. The second-order valence-corrected chi connectivity index (χ2v) is 8.73. The Morgan fingerprint density at radius 3 is 2.39 bits per heavy atom. The zero-order valence-corrected chi connectivity index (χ0v) is 19.9. The van der Waals surface area contributed by atoms with Crippen molar-refractivity contribution >= 4 is 22.6 Å². The normalized spacial score (nSPS) is 11.2. The van der Waals surface area contributed by atoms with Crippen molar-refractivity contribution < 1.29 is 0 Å². The summed E-state index contributed by atoms with van der Waals surface area (Å²) >= 11 is 6.17. The van der Waals surface area contributed by atoms with Crippen molar-refractivity contribution in [2.24, 2.45) is 0 Å². The minimum absolute atomic E-state index is 0.230. The molecule has 8 heteroatoms. The Bertz CT molecular complexity index is 1770. The first-order chi connectivity index (χ1) is 17.6. The third-order valence-electron chi connectivity index (χ3n) is 6.04. The van der Waals surface area contributed by atoms with Crippen LogP contribution in [-0.2, 0) is 0 Å². The highest BCUT2D eigenvalue weighted by molar-refractivity contribution is 6.30. The molecule has 174 valence electrons. The zero-order valence-electron chi connectivity index (χ0n) is 19.2. The summed E-state index contributed by atoms with van der Waals surface area (Å²) in [6.45, 7) is 1.88. The van der Waals surface area contributed by atoms with Crippen molar-refractivity contribution in [3.05, 3.63) is 113 Å². The molecular weight excluding hydrogens is 472 g/mol. The van der Waals surface area contributed by atoms with Gasteiger partial charge in [0.25, 0.3) is 5.56 Å². The van der Waals surface area contributed by atoms with Gasteiger partial charge >= 0.3 is 0 Å². The molecule has 0 aliphatic heterocycles. The number of aromatic nitrogens is 6. The van der Waals surface area contributed by atoms with E-state index in [2.05, 4.69) is 43.2 Å². The maximum atomic E-state index is 12.3. The first-order valence-electron chi connectivity index (χ1n) is 11.3. The van der Waals surface area contributed by atoms with Crippen molar-refractivity contribution in [1.82, 2.24) is 29.7 Å².